The number of rotatable bonds is 5. The summed E-state index contributed by atoms with van der Waals surface area (Å²) in [4.78, 5) is 21.3. The van der Waals surface area contributed by atoms with Crippen molar-refractivity contribution < 1.29 is 4.79 Å². The van der Waals surface area contributed by atoms with Crippen molar-refractivity contribution in [2.24, 2.45) is 0 Å². The molecule has 94 valence electrons. The van der Waals surface area contributed by atoms with Crippen LogP contribution in [0.4, 0.5) is 0 Å². The highest BCUT2D eigenvalue weighted by Gasteiger charge is 2.22. The first kappa shape index (κ1) is 11.7. The minimum absolute atomic E-state index is 0.344. The van der Waals surface area contributed by atoms with E-state index in [9.17, 15) is 4.79 Å². The van der Waals surface area contributed by atoms with Crippen molar-refractivity contribution in [2.75, 3.05) is 0 Å². The molecule has 1 N–H and O–H groups in total. The number of aromatic nitrogens is 2. The molecule has 0 bridgehead atoms. The van der Waals surface area contributed by atoms with E-state index in [-0.39, 0.29) is 0 Å². The molecule has 0 amide bonds. The third kappa shape index (κ3) is 2.38. The van der Waals surface area contributed by atoms with Gasteiger partial charge < -0.3 is 4.98 Å². The number of fused-ring (bicyclic) bond motifs is 1. The summed E-state index contributed by atoms with van der Waals surface area (Å²) >= 11 is 1.71. The fourth-order valence-corrected chi connectivity index (χ4v) is 3.64. The van der Waals surface area contributed by atoms with Crippen LogP contribution >= 0.6 is 11.3 Å². The zero-order valence-electron chi connectivity index (χ0n) is 10.2. The number of aromatic amines is 1. The van der Waals surface area contributed by atoms with Gasteiger partial charge in [-0.3, -0.25) is 4.79 Å². The van der Waals surface area contributed by atoms with Crippen molar-refractivity contribution in [1.29, 1.82) is 0 Å². The second kappa shape index (κ2) is 5.06. The number of unbranched alkanes of at least 4 members (excludes halogenated alkanes) is 1. The van der Waals surface area contributed by atoms with Crippen LogP contribution in [-0.4, -0.2) is 15.8 Å². The summed E-state index contributed by atoms with van der Waals surface area (Å²) in [6, 6.07) is 2.23. The quantitative estimate of drug-likeness (QED) is 0.839. The first-order valence-electron chi connectivity index (χ1n) is 6.46. The maximum Gasteiger partial charge on any atom is 0.173 e. The largest absolute Gasteiger partial charge is 0.349 e. The van der Waals surface area contributed by atoms with E-state index in [0.717, 1.165) is 49.2 Å². The number of thiophene rings is 1. The van der Waals surface area contributed by atoms with Crippen molar-refractivity contribution in [3.8, 4) is 0 Å². The number of H-pyrrole nitrogens is 1. The lowest BCUT2D eigenvalue weighted by atomic mass is 10.1. The van der Waals surface area contributed by atoms with Crippen LogP contribution in [0.2, 0.25) is 0 Å². The molecule has 2 aromatic heterocycles. The number of nitrogens with zero attached hydrogens (tertiary/aromatic N) is 1. The van der Waals surface area contributed by atoms with Crippen molar-refractivity contribution in [1.82, 2.24) is 9.97 Å². The van der Waals surface area contributed by atoms with Crippen LogP contribution in [0.5, 0.6) is 0 Å². The molecular weight excluding hydrogens is 244 g/mol. The fourth-order valence-electron chi connectivity index (χ4n) is 2.42. The van der Waals surface area contributed by atoms with E-state index >= 15 is 0 Å². The van der Waals surface area contributed by atoms with Gasteiger partial charge in [-0.05, 0) is 37.3 Å². The number of nitrogens with one attached hydrogen (secondary N) is 1. The Morgan fingerprint density at radius 2 is 2.17 bits per heavy atom. The first-order valence-corrected chi connectivity index (χ1v) is 7.27. The van der Waals surface area contributed by atoms with Gasteiger partial charge in [-0.25, -0.2) is 4.98 Å². The number of Topliss-reactive ketones (excluding diaryl/α,β-unsaturated/α-hetero) is 1. The maximum absolute atomic E-state index is 11.6. The number of hydrogen-bond donors (Lipinski definition) is 1. The SMILES string of the molecule is O=C1CCc2cc(CCCCc3ncc[nH]3)sc21. The average molecular weight is 260 g/mol. The molecule has 1 aliphatic rings. The summed E-state index contributed by atoms with van der Waals surface area (Å²) in [5.41, 5.74) is 1.28. The summed E-state index contributed by atoms with van der Waals surface area (Å²) in [6.07, 6.45) is 9.74. The Labute approximate surface area is 110 Å². The van der Waals surface area contributed by atoms with E-state index in [2.05, 4.69) is 16.0 Å². The maximum atomic E-state index is 11.6. The molecule has 0 unspecified atom stereocenters. The molecule has 0 spiro atoms. The van der Waals surface area contributed by atoms with Gasteiger partial charge in [-0.1, -0.05) is 0 Å². The number of hydrogen-bond acceptors (Lipinski definition) is 3. The lowest BCUT2D eigenvalue weighted by Gasteiger charge is -1.98. The van der Waals surface area contributed by atoms with Crippen LogP contribution in [0.25, 0.3) is 0 Å². The minimum atomic E-state index is 0.344. The van der Waals surface area contributed by atoms with Crippen molar-refractivity contribution in [3.63, 3.8) is 0 Å². The second-order valence-corrected chi connectivity index (χ2v) is 5.87. The van der Waals surface area contributed by atoms with Gasteiger partial charge in [0.15, 0.2) is 5.78 Å². The van der Waals surface area contributed by atoms with Gasteiger partial charge in [0.2, 0.25) is 0 Å². The summed E-state index contributed by atoms with van der Waals surface area (Å²) in [5, 5.41) is 0. The molecule has 0 aliphatic heterocycles. The van der Waals surface area contributed by atoms with Gasteiger partial charge in [0, 0.05) is 30.1 Å². The fraction of sp³-hybridized carbons (Fsp3) is 0.429. The Hall–Kier alpha value is -1.42. The molecule has 0 saturated carbocycles. The molecule has 0 saturated heterocycles. The van der Waals surface area contributed by atoms with Crippen LogP contribution in [-0.2, 0) is 19.3 Å². The van der Waals surface area contributed by atoms with Crippen molar-refractivity contribution in [3.05, 3.63) is 39.6 Å². The summed E-state index contributed by atoms with van der Waals surface area (Å²) in [6.45, 7) is 0. The van der Waals surface area contributed by atoms with Crippen LogP contribution in [0, 0.1) is 0 Å². The molecule has 2 heterocycles. The third-order valence-electron chi connectivity index (χ3n) is 3.38. The Balaban J connectivity index is 1.49. The molecule has 0 fully saturated rings. The normalized spacial score (nSPS) is 14.1. The minimum Gasteiger partial charge on any atom is -0.349 e. The van der Waals surface area contributed by atoms with Gasteiger partial charge >= 0.3 is 0 Å². The van der Waals surface area contributed by atoms with E-state index in [0.29, 0.717) is 5.78 Å². The van der Waals surface area contributed by atoms with Gasteiger partial charge in [0.05, 0.1) is 4.88 Å². The molecule has 0 atom stereocenters. The van der Waals surface area contributed by atoms with Crippen molar-refractivity contribution >= 4 is 17.1 Å². The standard InChI is InChI=1S/C14H16N2OS/c17-12-6-5-10-9-11(18-14(10)12)3-1-2-4-13-15-7-8-16-13/h7-9H,1-6H2,(H,15,16). The van der Waals surface area contributed by atoms with Crippen LogP contribution in [0.1, 0.15) is 45.2 Å². The number of aryl methyl sites for hydroxylation is 3. The molecule has 3 nitrogen and oxygen atoms in total. The van der Waals surface area contributed by atoms with Crippen LogP contribution in [0.15, 0.2) is 18.5 Å². The highest BCUT2D eigenvalue weighted by Crippen LogP contribution is 2.31. The smallest absolute Gasteiger partial charge is 0.173 e. The lowest BCUT2D eigenvalue weighted by molar-refractivity contribution is 0.0998. The first-order chi connectivity index (χ1) is 8.83. The molecule has 4 heteroatoms. The predicted molar refractivity (Wildman–Crippen MR) is 72.2 cm³/mol. The van der Waals surface area contributed by atoms with Gasteiger partial charge in [0.1, 0.15) is 5.82 Å². The molecule has 2 aromatic rings. The summed E-state index contributed by atoms with van der Waals surface area (Å²) in [7, 11) is 0. The highest BCUT2D eigenvalue weighted by atomic mass is 32.1. The zero-order chi connectivity index (χ0) is 12.4. The van der Waals surface area contributed by atoms with E-state index < -0.39 is 0 Å². The molecule has 18 heavy (non-hydrogen) atoms. The highest BCUT2D eigenvalue weighted by molar-refractivity contribution is 7.14. The number of carbonyl (C=O) groups excluding carboxylic acids is 1. The van der Waals surface area contributed by atoms with E-state index in [1.165, 1.54) is 10.4 Å². The monoisotopic (exact) mass is 260 g/mol. The Bertz CT molecular complexity index is 542. The summed E-state index contributed by atoms with van der Waals surface area (Å²) in [5.74, 6) is 1.41. The van der Waals surface area contributed by atoms with Crippen LogP contribution < -0.4 is 0 Å². The molecular formula is C14H16N2OS. The van der Waals surface area contributed by atoms with Gasteiger partial charge in [0.25, 0.3) is 0 Å². The predicted octanol–water partition coefficient (Wildman–Crippen LogP) is 3.17. The van der Waals surface area contributed by atoms with E-state index in [1.807, 2.05) is 6.20 Å². The van der Waals surface area contributed by atoms with Crippen molar-refractivity contribution in [2.45, 2.75) is 38.5 Å². The number of ketones is 1. The molecule has 1 aliphatic carbocycles. The van der Waals surface area contributed by atoms with Gasteiger partial charge in [-0.2, -0.15) is 0 Å². The second-order valence-electron chi connectivity index (χ2n) is 4.73. The topological polar surface area (TPSA) is 45.8 Å². The van der Waals surface area contributed by atoms with E-state index in [4.69, 9.17) is 0 Å². The Morgan fingerprint density at radius 3 is 2.94 bits per heavy atom. The molecule has 0 aromatic carbocycles. The van der Waals surface area contributed by atoms with Gasteiger partial charge in [-0.15, -0.1) is 11.3 Å². The third-order valence-corrected chi connectivity index (χ3v) is 4.65. The summed E-state index contributed by atoms with van der Waals surface area (Å²) < 4.78 is 0. The number of carbonyl (C=O) groups is 1. The molecule has 3 rings (SSSR count). The Morgan fingerprint density at radius 1 is 1.28 bits per heavy atom. The number of imidazole rings is 1. The molecule has 0 radical (unpaired) electrons. The van der Waals surface area contributed by atoms with Crippen LogP contribution in [0.3, 0.4) is 0 Å². The average Bonchev–Trinajstić information content (AvgIpc) is 3.05. The van der Waals surface area contributed by atoms with E-state index in [1.54, 1.807) is 17.5 Å². The zero-order valence-corrected chi connectivity index (χ0v) is 11.1. The Kier molecular flexibility index (Phi) is 3.28. The lowest BCUT2D eigenvalue weighted by Crippen LogP contribution is -1.90.